The van der Waals surface area contributed by atoms with Gasteiger partial charge in [-0.2, -0.15) is 0 Å². The van der Waals surface area contributed by atoms with Crippen LogP contribution in [0.1, 0.15) is 15.9 Å². The molecule has 0 aliphatic rings. The van der Waals surface area contributed by atoms with Crippen LogP contribution in [-0.2, 0) is 6.54 Å². The van der Waals surface area contributed by atoms with E-state index in [2.05, 4.69) is 15.6 Å². The Kier molecular flexibility index (Phi) is 5.54. The first kappa shape index (κ1) is 19.7. The van der Waals surface area contributed by atoms with E-state index in [9.17, 15) is 4.79 Å². The zero-order valence-corrected chi connectivity index (χ0v) is 17.2. The van der Waals surface area contributed by atoms with Crippen molar-refractivity contribution in [1.29, 1.82) is 0 Å². The van der Waals surface area contributed by atoms with Crippen molar-refractivity contribution < 1.29 is 14.3 Å². The monoisotopic (exact) mass is 422 g/mol. The normalized spacial score (nSPS) is 10.8. The molecule has 8 heteroatoms. The molecule has 152 valence electrons. The smallest absolute Gasteiger partial charge is 0.255 e. The Balaban J connectivity index is 1.52. The Bertz CT molecular complexity index is 1200. The topological polar surface area (TPSA) is 78.3 Å². The van der Waals surface area contributed by atoms with Crippen LogP contribution in [0, 0.1) is 0 Å². The van der Waals surface area contributed by atoms with E-state index in [-0.39, 0.29) is 5.91 Å². The fraction of sp³-hybridized carbons (Fsp3) is 0.136. The molecular weight excluding hydrogens is 404 g/mol. The number of benzene rings is 3. The van der Waals surface area contributed by atoms with Gasteiger partial charge in [-0.3, -0.25) is 4.79 Å². The lowest BCUT2D eigenvalue weighted by Crippen LogP contribution is -2.11. The number of hydrogen-bond acceptors (Lipinski definition) is 5. The van der Waals surface area contributed by atoms with Crippen LogP contribution in [0.5, 0.6) is 11.5 Å². The van der Waals surface area contributed by atoms with Gasteiger partial charge in [0.05, 0.1) is 31.3 Å². The largest absolute Gasteiger partial charge is 0.497 e. The van der Waals surface area contributed by atoms with E-state index in [0.29, 0.717) is 34.1 Å². The van der Waals surface area contributed by atoms with E-state index >= 15 is 0 Å². The third kappa shape index (κ3) is 4.06. The van der Waals surface area contributed by atoms with Gasteiger partial charge < -0.3 is 14.8 Å². The lowest BCUT2D eigenvalue weighted by molar-refractivity contribution is 0.102. The number of aromatic nitrogens is 3. The van der Waals surface area contributed by atoms with Crippen LogP contribution in [0.15, 0.2) is 60.7 Å². The highest BCUT2D eigenvalue weighted by Gasteiger charge is 2.12. The van der Waals surface area contributed by atoms with Crippen LogP contribution < -0.4 is 14.8 Å². The Morgan fingerprint density at radius 3 is 2.53 bits per heavy atom. The molecular formula is C22H19ClN4O3. The first-order valence-corrected chi connectivity index (χ1v) is 9.56. The Hall–Kier alpha value is -3.58. The van der Waals surface area contributed by atoms with Crippen molar-refractivity contribution in [2.24, 2.45) is 0 Å². The van der Waals surface area contributed by atoms with Crippen LogP contribution in [0.3, 0.4) is 0 Å². The summed E-state index contributed by atoms with van der Waals surface area (Å²) in [5, 5.41) is 11.7. The molecule has 3 aromatic carbocycles. The highest BCUT2D eigenvalue weighted by atomic mass is 35.5. The zero-order valence-electron chi connectivity index (χ0n) is 16.4. The molecule has 1 heterocycles. The van der Waals surface area contributed by atoms with Gasteiger partial charge in [-0.1, -0.05) is 28.9 Å². The number of methoxy groups -OCH3 is 2. The fourth-order valence-corrected chi connectivity index (χ4v) is 3.34. The number of nitrogens with zero attached hydrogens (tertiary/aromatic N) is 3. The molecule has 4 rings (SSSR count). The summed E-state index contributed by atoms with van der Waals surface area (Å²) >= 11 is 6.12. The summed E-state index contributed by atoms with van der Waals surface area (Å²) in [4.78, 5) is 12.6. The van der Waals surface area contributed by atoms with Gasteiger partial charge in [0.25, 0.3) is 5.91 Å². The maximum Gasteiger partial charge on any atom is 0.255 e. The Morgan fingerprint density at radius 1 is 1.03 bits per heavy atom. The fourth-order valence-electron chi connectivity index (χ4n) is 3.08. The van der Waals surface area contributed by atoms with Gasteiger partial charge >= 0.3 is 0 Å². The second-order valence-electron chi connectivity index (χ2n) is 6.60. The molecule has 1 N–H and O–H groups in total. The van der Waals surface area contributed by atoms with E-state index in [1.54, 1.807) is 42.1 Å². The van der Waals surface area contributed by atoms with Crippen LogP contribution >= 0.6 is 11.6 Å². The van der Waals surface area contributed by atoms with Crippen molar-refractivity contribution in [3.8, 4) is 11.5 Å². The van der Waals surface area contributed by atoms with Gasteiger partial charge in [-0.15, -0.1) is 5.10 Å². The second kappa shape index (κ2) is 8.42. The van der Waals surface area contributed by atoms with Gasteiger partial charge in [0.15, 0.2) is 0 Å². The quantitative estimate of drug-likeness (QED) is 0.498. The summed E-state index contributed by atoms with van der Waals surface area (Å²) in [6, 6.07) is 18.1. The van der Waals surface area contributed by atoms with Crippen molar-refractivity contribution in [1.82, 2.24) is 15.0 Å². The molecule has 4 aromatic rings. The maximum absolute atomic E-state index is 12.6. The minimum absolute atomic E-state index is 0.261. The molecule has 0 aliphatic carbocycles. The summed E-state index contributed by atoms with van der Waals surface area (Å²) in [7, 11) is 3.17. The number of rotatable bonds is 6. The van der Waals surface area contributed by atoms with E-state index in [1.807, 2.05) is 30.3 Å². The first-order chi connectivity index (χ1) is 14.6. The number of amides is 1. The Morgan fingerprint density at radius 2 is 1.83 bits per heavy atom. The van der Waals surface area contributed by atoms with Crippen molar-refractivity contribution in [2.45, 2.75) is 6.54 Å². The van der Waals surface area contributed by atoms with Gasteiger partial charge in [-0.25, -0.2) is 4.68 Å². The second-order valence-corrected chi connectivity index (χ2v) is 7.01. The summed E-state index contributed by atoms with van der Waals surface area (Å²) in [6.45, 7) is 0.566. The third-order valence-electron chi connectivity index (χ3n) is 4.68. The Labute approximate surface area is 178 Å². The maximum atomic E-state index is 12.6. The number of fused-ring (bicyclic) bond motifs is 1. The highest BCUT2D eigenvalue weighted by Crippen LogP contribution is 2.27. The van der Waals surface area contributed by atoms with Crippen molar-refractivity contribution in [3.05, 3.63) is 76.8 Å². The molecule has 1 aromatic heterocycles. The molecule has 0 spiro atoms. The lowest BCUT2D eigenvalue weighted by Gasteiger charge is -2.08. The molecule has 7 nitrogen and oxygen atoms in total. The standard InChI is InChI=1S/C22H19ClN4O3/c1-29-17-7-3-14(4-8-17)13-27-20-9-5-15(11-19(20)25-26-27)22(28)24-16-6-10-21(30-2)18(23)12-16/h3-12H,13H2,1-2H3,(H,24,28). The SMILES string of the molecule is COc1ccc(Cn2nnc3cc(C(=O)Nc4ccc(OC)c(Cl)c4)ccc32)cc1. The molecule has 0 saturated carbocycles. The molecule has 30 heavy (non-hydrogen) atoms. The molecule has 0 saturated heterocycles. The van der Waals surface area contributed by atoms with E-state index in [4.69, 9.17) is 21.1 Å². The van der Waals surface area contributed by atoms with Crippen LogP contribution in [0.4, 0.5) is 5.69 Å². The molecule has 0 radical (unpaired) electrons. The molecule has 0 fully saturated rings. The number of hydrogen-bond donors (Lipinski definition) is 1. The molecule has 0 bridgehead atoms. The summed E-state index contributed by atoms with van der Waals surface area (Å²) in [5.41, 5.74) is 3.61. The highest BCUT2D eigenvalue weighted by molar-refractivity contribution is 6.32. The van der Waals surface area contributed by atoms with Crippen molar-refractivity contribution >= 4 is 34.2 Å². The third-order valence-corrected chi connectivity index (χ3v) is 4.97. The first-order valence-electron chi connectivity index (χ1n) is 9.18. The number of carbonyl (C=O) groups is 1. The minimum Gasteiger partial charge on any atom is -0.497 e. The number of ether oxygens (including phenoxy) is 2. The lowest BCUT2D eigenvalue weighted by atomic mass is 10.1. The van der Waals surface area contributed by atoms with Gasteiger partial charge in [0.2, 0.25) is 0 Å². The van der Waals surface area contributed by atoms with E-state index < -0.39 is 0 Å². The number of halogens is 1. The van der Waals surface area contributed by atoms with E-state index in [0.717, 1.165) is 16.8 Å². The number of carbonyl (C=O) groups excluding carboxylic acids is 1. The zero-order chi connectivity index (χ0) is 21.1. The van der Waals surface area contributed by atoms with Gasteiger partial charge in [-0.05, 0) is 54.1 Å². The van der Waals surface area contributed by atoms with Crippen LogP contribution in [0.25, 0.3) is 11.0 Å². The van der Waals surface area contributed by atoms with Gasteiger partial charge in [0, 0.05) is 11.3 Å². The van der Waals surface area contributed by atoms with Gasteiger partial charge in [0.1, 0.15) is 17.0 Å². The molecule has 0 atom stereocenters. The predicted octanol–water partition coefficient (Wildman–Crippen LogP) is 4.40. The van der Waals surface area contributed by atoms with E-state index in [1.165, 1.54) is 7.11 Å². The van der Waals surface area contributed by atoms with Crippen molar-refractivity contribution in [2.75, 3.05) is 19.5 Å². The molecule has 1 amide bonds. The van der Waals surface area contributed by atoms with Crippen LogP contribution in [-0.4, -0.2) is 35.1 Å². The summed E-state index contributed by atoms with van der Waals surface area (Å²) in [5.74, 6) is 1.09. The van der Waals surface area contributed by atoms with Crippen LogP contribution in [0.2, 0.25) is 5.02 Å². The average Bonchev–Trinajstić information content (AvgIpc) is 3.16. The molecule has 0 aliphatic heterocycles. The summed E-state index contributed by atoms with van der Waals surface area (Å²) in [6.07, 6.45) is 0. The number of nitrogens with one attached hydrogen (secondary N) is 1. The predicted molar refractivity (Wildman–Crippen MR) is 116 cm³/mol. The minimum atomic E-state index is -0.261. The van der Waals surface area contributed by atoms with Crippen molar-refractivity contribution in [3.63, 3.8) is 0 Å². The summed E-state index contributed by atoms with van der Waals surface area (Å²) < 4.78 is 12.1. The number of anilines is 1. The molecule has 0 unspecified atom stereocenters. The average molecular weight is 423 g/mol.